The first-order valence-corrected chi connectivity index (χ1v) is 14.0. The van der Waals surface area contributed by atoms with Crippen molar-refractivity contribution in [1.82, 2.24) is 9.80 Å². The minimum atomic E-state index is -0.732. The minimum absolute atomic E-state index is 0.217. The Hall–Kier alpha value is -4.13. The van der Waals surface area contributed by atoms with E-state index in [4.69, 9.17) is 28.4 Å². The van der Waals surface area contributed by atoms with Crippen LogP contribution in [0.25, 0.3) is 0 Å². The number of ether oxygens (including phenoxy) is 6. The van der Waals surface area contributed by atoms with E-state index in [9.17, 15) is 5.26 Å². The molecule has 9 nitrogen and oxygen atoms in total. The maximum atomic E-state index is 9.57. The number of hydrogen-bond donors (Lipinski definition) is 0. The highest BCUT2D eigenvalue weighted by molar-refractivity contribution is 5.63. The molecular formula is C32H33N3O6. The topological polar surface area (TPSA) is 85.7 Å². The van der Waals surface area contributed by atoms with Crippen LogP contribution in [-0.4, -0.2) is 51.2 Å². The van der Waals surface area contributed by atoms with Gasteiger partial charge in [0.05, 0.1) is 26.7 Å². The van der Waals surface area contributed by atoms with E-state index >= 15 is 0 Å². The molecule has 0 bridgehead atoms. The zero-order valence-electron chi connectivity index (χ0n) is 23.8. The Morgan fingerprint density at radius 1 is 0.805 bits per heavy atom. The Kier molecular flexibility index (Phi) is 6.33. The number of methoxy groups -OCH3 is 2. The summed E-state index contributed by atoms with van der Waals surface area (Å²) in [4.78, 5) is 4.54. The van der Waals surface area contributed by atoms with Crippen molar-refractivity contribution in [3.8, 4) is 40.6 Å². The van der Waals surface area contributed by atoms with Crippen LogP contribution in [0.2, 0.25) is 0 Å². The van der Waals surface area contributed by atoms with Crippen LogP contribution in [0.5, 0.6) is 34.5 Å². The van der Waals surface area contributed by atoms with Gasteiger partial charge < -0.3 is 38.2 Å². The van der Waals surface area contributed by atoms with Crippen LogP contribution >= 0.6 is 0 Å². The zero-order chi connectivity index (χ0) is 28.2. The second-order valence-corrected chi connectivity index (χ2v) is 11.2. The summed E-state index contributed by atoms with van der Waals surface area (Å²) >= 11 is 0. The molecule has 41 heavy (non-hydrogen) atoms. The average molecular weight is 556 g/mol. The number of likely N-dealkylation sites (N-methyl/N-ethyl adjacent to an activating group) is 2. The number of nitrogens with zero attached hydrogens (tertiary/aromatic N) is 3. The molecule has 9 heteroatoms. The number of hydrogen-bond acceptors (Lipinski definition) is 9. The van der Waals surface area contributed by atoms with E-state index in [1.165, 1.54) is 11.1 Å². The van der Waals surface area contributed by atoms with E-state index in [0.717, 1.165) is 72.6 Å². The van der Waals surface area contributed by atoms with E-state index in [1.54, 1.807) is 14.2 Å². The van der Waals surface area contributed by atoms with E-state index in [1.807, 2.05) is 18.2 Å². The van der Waals surface area contributed by atoms with Crippen molar-refractivity contribution >= 4 is 0 Å². The second kappa shape index (κ2) is 10.1. The smallest absolute Gasteiger partial charge is 0.268 e. The molecule has 3 aromatic carbocycles. The third-order valence-corrected chi connectivity index (χ3v) is 8.47. The summed E-state index contributed by atoms with van der Waals surface area (Å²) in [6.45, 7) is 3.54. The van der Waals surface area contributed by atoms with Crippen molar-refractivity contribution in [3.05, 3.63) is 69.3 Å². The standard InChI is InChI=1S/C32H33N3O6/c1-34-11-8-19-14-25-29(27(36-3)23(19)16-34)40-31(38-25)21-6-5-18(7-10-33)22(13-21)32-39-26-15-20-9-12-35(2)17-24(20)28(37-4)30(26)41-32/h5-6,13-15,31-32H,7-9,11-12,16-17H2,1-4H3. The Morgan fingerprint density at radius 3 is 1.93 bits per heavy atom. The normalized spacial score (nSPS) is 20.8. The van der Waals surface area contributed by atoms with E-state index in [0.29, 0.717) is 28.7 Å². The molecule has 0 saturated carbocycles. The number of nitriles is 1. The van der Waals surface area contributed by atoms with Gasteiger partial charge in [0, 0.05) is 48.4 Å². The predicted molar refractivity (Wildman–Crippen MR) is 150 cm³/mol. The number of rotatable bonds is 5. The molecule has 0 saturated heterocycles. The molecule has 4 aliphatic rings. The average Bonchev–Trinajstić information content (AvgIpc) is 3.59. The van der Waals surface area contributed by atoms with Gasteiger partial charge in [-0.3, -0.25) is 0 Å². The molecule has 4 heterocycles. The van der Waals surface area contributed by atoms with Crippen LogP contribution in [-0.2, 0) is 32.4 Å². The summed E-state index contributed by atoms with van der Waals surface area (Å²) in [6.07, 6.45) is 0.658. The molecule has 2 unspecified atom stereocenters. The lowest BCUT2D eigenvalue weighted by Gasteiger charge is -2.26. The highest BCUT2D eigenvalue weighted by Crippen LogP contribution is 2.53. The van der Waals surface area contributed by atoms with Crippen LogP contribution in [0.1, 0.15) is 51.5 Å². The van der Waals surface area contributed by atoms with Crippen LogP contribution in [0, 0.1) is 11.3 Å². The van der Waals surface area contributed by atoms with Gasteiger partial charge in [0.25, 0.3) is 12.6 Å². The molecule has 7 rings (SSSR count). The summed E-state index contributed by atoms with van der Waals surface area (Å²) in [6, 6.07) is 12.2. The van der Waals surface area contributed by atoms with Gasteiger partial charge in [0.2, 0.25) is 11.5 Å². The lowest BCUT2D eigenvalue weighted by molar-refractivity contribution is 0.0409. The van der Waals surface area contributed by atoms with Crippen molar-refractivity contribution in [3.63, 3.8) is 0 Å². The molecule has 0 N–H and O–H groups in total. The second-order valence-electron chi connectivity index (χ2n) is 11.2. The largest absolute Gasteiger partial charge is 0.492 e. The molecule has 0 aromatic heterocycles. The van der Waals surface area contributed by atoms with Crippen molar-refractivity contribution in [2.75, 3.05) is 41.4 Å². The number of benzene rings is 3. The fraction of sp³-hybridized carbons (Fsp3) is 0.406. The van der Waals surface area contributed by atoms with Crippen molar-refractivity contribution in [2.24, 2.45) is 0 Å². The molecule has 212 valence electrons. The lowest BCUT2D eigenvalue weighted by atomic mass is 9.98. The van der Waals surface area contributed by atoms with Crippen molar-refractivity contribution in [1.29, 1.82) is 5.26 Å². The Morgan fingerprint density at radius 2 is 1.37 bits per heavy atom. The van der Waals surface area contributed by atoms with Crippen LogP contribution in [0.3, 0.4) is 0 Å². The third kappa shape index (κ3) is 4.30. The molecule has 3 aromatic rings. The highest BCUT2D eigenvalue weighted by Gasteiger charge is 2.37. The van der Waals surface area contributed by atoms with Gasteiger partial charge in [-0.05, 0) is 61.8 Å². The van der Waals surface area contributed by atoms with Crippen LogP contribution in [0.15, 0.2) is 30.3 Å². The maximum Gasteiger partial charge on any atom is 0.268 e. The summed E-state index contributed by atoms with van der Waals surface area (Å²) < 4.78 is 37.2. The van der Waals surface area contributed by atoms with E-state index < -0.39 is 12.6 Å². The van der Waals surface area contributed by atoms with Gasteiger partial charge in [0.15, 0.2) is 23.0 Å². The van der Waals surface area contributed by atoms with E-state index in [-0.39, 0.29) is 6.42 Å². The Labute approximate surface area is 239 Å². The molecular weight excluding hydrogens is 522 g/mol. The third-order valence-electron chi connectivity index (χ3n) is 8.47. The molecule has 0 fully saturated rings. The summed E-state index contributed by atoms with van der Waals surface area (Å²) in [5.41, 5.74) is 7.08. The summed E-state index contributed by atoms with van der Waals surface area (Å²) in [5.74, 6) is 4.00. The minimum Gasteiger partial charge on any atom is -0.492 e. The zero-order valence-corrected chi connectivity index (χ0v) is 23.8. The Bertz CT molecular complexity index is 1580. The Balaban J connectivity index is 1.22. The van der Waals surface area contributed by atoms with Crippen molar-refractivity contribution in [2.45, 2.75) is 44.9 Å². The molecule has 0 radical (unpaired) electrons. The molecule has 4 aliphatic heterocycles. The monoisotopic (exact) mass is 555 g/mol. The highest BCUT2D eigenvalue weighted by atomic mass is 16.7. The molecule has 0 amide bonds. The molecule has 2 atom stereocenters. The first-order valence-electron chi connectivity index (χ1n) is 14.0. The van der Waals surface area contributed by atoms with Gasteiger partial charge >= 0.3 is 0 Å². The summed E-state index contributed by atoms with van der Waals surface area (Å²) in [5, 5.41) is 9.57. The lowest BCUT2D eigenvalue weighted by Crippen LogP contribution is -2.26. The fourth-order valence-electron chi connectivity index (χ4n) is 6.34. The fourth-order valence-corrected chi connectivity index (χ4v) is 6.34. The molecule has 0 aliphatic carbocycles. The summed E-state index contributed by atoms with van der Waals surface area (Å²) in [7, 11) is 7.55. The van der Waals surface area contributed by atoms with Gasteiger partial charge in [-0.25, -0.2) is 0 Å². The molecule has 0 spiro atoms. The van der Waals surface area contributed by atoms with Gasteiger partial charge in [-0.1, -0.05) is 12.1 Å². The van der Waals surface area contributed by atoms with Crippen molar-refractivity contribution < 1.29 is 28.4 Å². The first kappa shape index (κ1) is 25.8. The van der Waals surface area contributed by atoms with Gasteiger partial charge in [-0.2, -0.15) is 5.26 Å². The van der Waals surface area contributed by atoms with Gasteiger partial charge in [0.1, 0.15) is 0 Å². The van der Waals surface area contributed by atoms with Gasteiger partial charge in [-0.15, -0.1) is 0 Å². The van der Waals surface area contributed by atoms with E-state index in [2.05, 4.69) is 42.1 Å². The number of fused-ring (bicyclic) bond motifs is 4. The van der Waals surface area contributed by atoms with Crippen LogP contribution < -0.4 is 28.4 Å². The maximum absolute atomic E-state index is 9.57. The quantitative estimate of drug-likeness (QED) is 0.445. The van der Waals surface area contributed by atoms with Crippen LogP contribution in [0.4, 0.5) is 0 Å². The predicted octanol–water partition coefficient (Wildman–Crippen LogP) is 4.69. The first-order chi connectivity index (χ1) is 20.0. The SMILES string of the molecule is COc1c2c(cc3c1OC(c1ccc(CC#N)c(C4Oc5cc6c(c(OC)c5O4)CN(C)CC6)c1)O3)CCN(C)C2.